The van der Waals surface area contributed by atoms with E-state index in [0.29, 0.717) is 6.54 Å². The monoisotopic (exact) mass is 248 g/mol. The van der Waals surface area contributed by atoms with Crippen LogP contribution >= 0.6 is 0 Å². The Morgan fingerprint density at radius 2 is 1.94 bits per heavy atom. The summed E-state index contributed by atoms with van der Waals surface area (Å²) in [5.74, 6) is -1.14. The standard InChI is InChI=1S/C14H17FN2O/c1-10(2)13(8-16)14(18)17(3)9-11-4-6-12(15)7-5-11/h4-7,10,13H,9H2,1-3H3. The molecule has 0 bridgehead atoms. The predicted molar refractivity (Wildman–Crippen MR) is 66.8 cm³/mol. The van der Waals surface area contributed by atoms with Crippen molar-refractivity contribution in [3.05, 3.63) is 35.6 Å². The number of hydrogen-bond acceptors (Lipinski definition) is 2. The van der Waals surface area contributed by atoms with Crippen molar-refractivity contribution in [2.24, 2.45) is 11.8 Å². The molecule has 18 heavy (non-hydrogen) atoms. The Kier molecular flexibility index (Phi) is 4.85. The van der Waals surface area contributed by atoms with Crippen molar-refractivity contribution in [1.82, 2.24) is 4.90 Å². The lowest BCUT2D eigenvalue weighted by atomic mass is 9.96. The highest BCUT2D eigenvalue weighted by Gasteiger charge is 2.24. The maximum atomic E-state index is 12.7. The number of nitriles is 1. The van der Waals surface area contributed by atoms with Crippen LogP contribution in [0.15, 0.2) is 24.3 Å². The van der Waals surface area contributed by atoms with Crippen molar-refractivity contribution in [2.75, 3.05) is 7.05 Å². The lowest BCUT2D eigenvalue weighted by Crippen LogP contribution is -2.34. The summed E-state index contributed by atoms with van der Waals surface area (Å²) in [6, 6.07) is 8.01. The van der Waals surface area contributed by atoms with E-state index in [0.717, 1.165) is 5.56 Å². The molecule has 1 atom stereocenters. The van der Waals surface area contributed by atoms with Crippen molar-refractivity contribution in [3.63, 3.8) is 0 Å². The molecule has 3 nitrogen and oxygen atoms in total. The fraction of sp³-hybridized carbons (Fsp3) is 0.429. The molecule has 0 aliphatic rings. The minimum Gasteiger partial charge on any atom is -0.340 e. The number of hydrogen-bond donors (Lipinski definition) is 0. The first-order valence-electron chi connectivity index (χ1n) is 5.84. The fourth-order valence-electron chi connectivity index (χ4n) is 1.67. The fourth-order valence-corrected chi connectivity index (χ4v) is 1.67. The quantitative estimate of drug-likeness (QED) is 0.822. The van der Waals surface area contributed by atoms with E-state index >= 15 is 0 Å². The zero-order chi connectivity index (χ0) is 13.7. The summed E-state index contributed by atoms with van der Waals surface area (Å²) in [7, 11) is 1.65. The molecule has 0 radical (unpaired) electrons. The molecule has 1 rings (SSSR count). The first kappa shape index (κ1) is 14.2. The first-order valence-corrected chi connectivity index (χ1v) is 5.84. The van der Waals surface area contributed by atoms with E-state index in [1.165, 1.54) is 17.0 Å². The number of halogens is 1. The molecule has 0 aliphatic heterocycles. The Morgan fingerprint density at radius 3 is 2.39 bits per heavy atom. The summed E-state index contributed by atoms with van der Waals surface area (Å²) >= 11 is 0. The Balaban J connectivity index is 2.71. The van der Waals surface area contributed by atoms with Gasteiger partial charge in [0, 0.05) is 13.6 Å². The SMILES string of the molecule is CC(C)C(C#N)C(=O)N(C)Cc1ccc(F)cc1. The van der Waals surface area contributed by atoms with Crippen LogP contribution in [0.2, 0.25) is 0 Å². The zero-order valence-corrected chi connectivity index (χ0v) is 10.9. The van der Waals surface area contributed by atoms with Gasteiger partial charge in [-0.25, -0.2) is 4.39 Å². The summed E-state index contributed by atoms with van der Waals surface area (Å²) in [6.07, 6.45) is 0. The topological polar surface area (TPSA) is 44.1 Å². The van der Waals surface area contributed by atoms with E-state index in [-0.39, 0.29) is 17.6 Å². The third-order valence-corrected chi connectivity index (χ3v) is 2.78. The molecule has 0 heterocycles. The van der Waals surface area contributed by atoms with Gasteiger partial charge in [0.1, 0.15) is 11.7 Å². The van der Waals surface area contributed by atoms with Gasteiger partial charge in [0.25, 0.3) is 0 Å². The van der Waals surface area contributed by atoms with E-state index in [1.807, 2.05) is 19.9 Å². The van der Waals surface area contributed by atoms with E-state index in [1.54, 1.807) is 19.2 Å². The average molecular weight is 248 g/mol. The molecular formula is C14H17FN2O. The molecule has 0 aromatic heterocycles. The smallest absolute Gasteiger partial charge is 0.240 e. The Hall–Kier alpha value is -1.89. The van der Waals surface area contributed by atoms with E-state index < -0.39 is 5.92 Å². The predicted octanol–water partition coefficient (Wildman–Crippen LogP) is 2.58. The Morgan fingerprint density at radius 1 is 1.39 bits per heavy atom. The molecule has 4 heteroatoms. The summed E-state index contributed by atoms with van der Waals surface area (Å²) in [6.45, 7) is 4.07. The van der Waals surface area contributed by atoms with Crippen LogP contribution < -0.4 is 0 Å². The van der Waals surface area contributed by atoms with Gasteiger partial charge in [0.05, 0.1) is 6.07 Å². The second-order valence-electron chi connectivity index (χ2n) is 4.67. The zero-order valence-electron chi connectivity index (χ0n) is 10.9. The maximum absolute atomic E-state index is 12.7. The summed E-state index contributed by atoms with van der Waals surface area (Å²) in [5.41, 5.74) is 0.840. The number of carbonyl (C=O) groups is 1. The van der Waals surface area contributed by atoms with Crippen LogP contribution in [0.25, 0.3) is 0 Å². The van der Waals surface area contributed by atoms with Gasteiger partial charge >= 0.3 is 0 Å². The van der Waals surface area contributed by atoms with Gasteiger partial charge in [-0.2, -0.15) is 5.26 Å². The Labute approximate surface area is 107 Å². The molecular weight excluding hydrogens is 231 g/mol. The Bertz CT molecular complexity index is 448. The second-order valence-corrected chi connectivity index (χ2v) is 4.67. The summed E-state index contributed by atoms with van der Waals surface area (Å²) in [5, 5.41) is 8.97. The molecule has 0 spiro atoms. The minimum absolute atomic E-state index is 0.0156. The van der Waals surface area contributed by atoms with Crippen molar-refractivity contribution in [3.8, 4) is 6.07 Å². The van der Waals surface area contributed by atoms with Gasteiger partial charge in [0.2, 0.25) is 5.91 Å². The van der Waals surface area contributed by atoms with Gasteiger partial charge in [-0.15, -0.1) is 0 Å². The first-order chi connectivity index (χ1) is 8.45. The lowest BCUT2D eigenvalue weighted by Gasteiger charge is -2.22. The highest BCUT2D eigenvalue weighted by atomic mass is 19.1. The number of carbonyl (C=O) groups excluding carboxylic acids is 1. The number of rotatable bonds is 4. The molecule has 0 N–H and O–H groups in total. The second kappa shape index (κ2) is 6.15. The third-order valence-electron chi connectivity index (χ3n) is 2.78. The van der Waals surface area contributed by atoms with Crippen LogP contribution in [0.5, 0.6) is 0 Å². The average Bonchev–Trinajstić information content (AvgIpc) is 2.32. The van der Waals surface area contributed by atoms with Gasteiger partial charge in [-0.05, 0) is 23.6 Å². The van der Waals surface area contributed by atoms with E-state index in [2.05, 4.69) is 0 Å². The van der Waals surface area contributed by atoms with Crippen molar-refractivity contribution in [2.45, 2.75) is 20.4 Å². The normalized spacial score (nSPS) is 12.0. The molecule has 1 aromatic carbocycles. The van der Waals surface area contributed by atoms with Crippen molar-refractivity contribution in [1.29, 1.82) is 5.26 Å². The number of benzene rings is 1. The van der Waals surface area contributed by atoms with Gasteiger partial charge in [-0.3, -0.25) is 4.79 Å². The molecule has 1 unspecified atom stereocenters. The van der Waals surface area contributed by atoms with Gasteiger partial charge in [-0.1, -0.05) is 26.0 Å². The molecule has 0 fully saturated rings. The summed E-state index contributed by atoms with van der Waals surface area (Å²) < 4.78 is 12.7. The largest absolute Gasteiger partial charge is 0.340 e. The van der Waals surface area contributed by atoms with Crippen LogP contribution in [0.1, 0.15) is 19.4 Å². The molecule has 0 saturated heterocycles. The molecule has 96 valence electrons. The van der Waals surface area contributed by atoms with Crippen molar-refractivity contribution < 1.29 is 9.18 Å². The maximum Gasteiger partial charge on any atom is 0.240 e. The molecule has 1 aromatic rings. The van der Waals surface area contributed by atoms with Gasteiger partial charge in [0.15, 0.2) is 0 Å². The van der Waals surface area contributed by atoms with Crippen LogP contribution in [-0.2, 0) is 11.3 Å². The van der Waals surface area contributed by atoms with Crippen LogP contribution in [0, 0.1) is 29.0 Å². The third kappa shape index (κ3) is 3.56. The summed E-state index contributed by atoms with van der Waals surface area (Å²) in [4.78, 5) is 13.5. The van der Waals surface area contributed by atoms with Gasteiger partial charge < -0.3 is 4.90 Å². The highest BCUT2D eigenvalue weighted by molar-refractivity contribution is 5.81. The molecule has 0 aliphatic carbocycles. The number of nitrogens with zero attached hydrogens (tertiary/aromatic N) is 2. The van der Waals surface area contributed by atoms with Crippen molar-refractivity contribution >= 4 is 5.91 Å². The minimum atomic E-state index is -0.629. The lowest BCUT2D eigenvalue weighted by molar-refractivity contribution is -0.134. The number of amides is 1. The van der Waals surface area contributed by atoms with Crippen LogP contribution in [0.4, 0.5) is 4.39 Å². The van der Waals surface area contributed by atoms with Crippen LogP contribution in [-0.4, -0.2) is 17.9 Å². The molecule has 0 saturated carbocycles. The van der Waals surface area contributed by atoms with E-state index in [4.69, 9.17) is 5.26 Å². The molecule has 1 amide bonds. The van der Waals surface area contributed by atoms with E-state index in [9.17, 15) is 9.18 Å². The van der Waals surface area contributed by atoms with Crippen LogP contribution in [0.3, 0.4) is 0 Å². The highest BCUT2D eigenvalue weighted by Crippen LogP contribution is 2.14.